The Bertz CT molecular complexity index is 1390. The van der Waals surface area contributed by atoms with Gasteiger partial charge in [0, 0.05) is 53.0 Å². The second-order valence-corrected chi connectivity index (χ2v) is 11.4. The molecule has 2 atom stereocenters. The van der Waals surface area contributed by atoms with Gasteiger partial charge >= 0.3 is 0 Å². The highest BCUT2D eigenvalue weighted by atomic mass is 79.9. The first-order valence-corrected chi connectivity index (χ1v) is 12.9. The molecule has 33 heavy (non-hydrogen) atoms. The molecule has 2 aliphatic rings. The lowest BCUT2D eigenvalue weighted by Gasteiger charge is -2.42. The summed E-state index contributed by atoms with van der Waals surface area (Å²) in [5.74, 6) is -0.163. The lowest BCUT2D eigenvalue weighted by Crippen LogP contribution is -2.48. The molecular formula is C24H22BrN3O4S. The van der Waals surface area contributed by atoms with Crippen molar-refractivity contribution < 1.29 is 13.2 Å². The van der Waals surface area contributed by atoms with E-state index in [1.807, 2.05) is 12.1 Å². The first-order chi connectivity index (χ1) is 15.8. The van der Waals surface area contributed by atoms with E-state index in [0.717, 1.165) is 16.6 Å². The number of nitrogens with one attached hydrogen (secondary N) is 1. The zero-order valence-electron chi connectivity index (χ0n) is 17.6. The summed E-state index contributed by atoms with van der Waals surface area (Å²) in [6.07, 6.45) is 0.885. The summed E-state index contributed by atoms with van der Waals surface area (Å²) < 4.78 is 30.8. The molecule has 1 N–H and O–H groups in total. The number of hydrogen-bond acceptors (Lipinski definition) is 4. The van der Waals surface area contributed by atoms with Crippen molar-refractivity contribution in [1.82, 2.24) is 8.87 Å². The van der Waals surface area contributed by atoms with E-state index >= 15 is 0 Å². The Labute approximate surface area is 200 Å². The van der Waals surface area contributed by atoms with Crippen LogP contribution in [0.15, 0.2) is 80.9 Å². The largest absolute Gasteiger partial charge is 0.322 e. The number of nitrogens with zero attached hydrogens (tertiary/aromatic N) is 2. The van der Waals surface area contributed by atoms with Gasteiger partial charge in [0.1, 0.15) is 0 Å². The van der Waals surface area contributed by atoms with Crippen LogP contribution < -0.4 is 10.9 Å². The molecule has 3 aromatic rings. The quantitative estimate of drug-likeness (QED) is 0.560. The van der Waals surface area contributed by atoms with Crippen molar-refractivity contribution in [2.24, 2.45) is 5.92 Å². The van der Waals surface area contributed by atoms with Crippen molar-refractivity contribution in [1.29, 1.82) is 0 Å². The fourth-order valence-electron chi connectivity index (χ4n) is 4.74. The summed E-state index contributed by atoms with van der Waals surface area (Å²) in [4.78, 5) is 24.8. The predicted octanol–water partition coefficient (Wildman–Crippen LogP) is 3.67. The zero-order valence-corrected chi connectivity index (χ0v) is 20.1. The normalized spacial score (nSPS) is 20.2. The maximum atomic E-state index is 13.4. The molecule has 0 spiro atoms. The minimum absolute atomic E-state index is 0.00457. The highest BCUT2D eigenvalue weighted by molar-refractivity contribution is 9.10. The van der Waals surface area contributed by atoms with Gasteiger partial charge in [0.25, 0.3) is 11.5 Å². The van der Waals surface area contributed by atoms with Crippen LogP contribution >= 0.6 is 15.9 Å². The van der Waals surface area contributed by atoms with Crippen molar-refractivity contribution in [3.05, 3.63) is 92.8 Å². The highest BCUT2D eigenvalue weighted by Crippen LogP contribution is 2.37. The number of carbonyl (C=O) groups is 1. The number of halogens is 1. The van der Waals surface area contributed by atoms with Gasteiger partial charge in [-0.05, 0) is 60.9 Å². The standard InChI is InChI=1S/C24H22BrN3O4S/c25-19-4-1-3-17(12-19)24(30)26-20-7-9-21(10-8-20)33(31,32)27-13-16-11-18(15-27)22-5-2-6-23(29)28(22)14-16/h1-10,12,16,18H,11,13-15H2,(H,26,30). The highest BCUT2D eigenvalue weighted by Gasteiger charge is 2.39. The van der Waals surface area contributed by atoms with Crippen LogP contribution in [0, 0.1) is 5.92 Å². The zero-order chi connectivity index (χ0) is 23.2. The monoisotopic (exact) mass is 527 g/mol. The van der Waals surface area contributed by atoms with Gasteiger partial charge in [-0.15, -0.1) is 0 Å². The van der Waals surface area contributed by atoms with Crippen LogP contribution in [-0.4, -0.2) is 36.3 Å². The summed E-state index contributed by atoms with van der Waals surface area (Å²) >= 11 is 3.35. The molecule has 0 radical (unpaired) electrons. The fourth-order valence-corrected chi connectivity index (χ4v) is 6.70. The van der Waals surface area contributed by atoms with E-state index in [9.17, 15) is 18.0 Å². The van der Waals surface area contributed by atoms with E-state index in [1.54, 1.807) is 47.0 Å². The predicted molar refractivity (Wildman–Crippen MR) is 129 cm³/mol. The average Bonchev–Trinajstić information content (AvgIpc) is 2.80. The summed E-state index contributed by atoms with van der Waals surface area (Å²) in [7, 11) is -3.69. The van der Waals surface area contributed by atoms with Gasteiger partial charge in [0.15, 0.2) is 0 Å². The molecule has 2 unspecified atom stereocenters. The minimum Gasteiger partial charge on any atom is -0.322 e. The van der Waals surface area contributed by atoms with E-state index in [-0.39, 0.29) is 28.2 Å². The van der Waals surface area contributed by atoms with E-state index < -0.39 is 10.0 Å². The molecule has 9 heteroatoms. The number of hydrogen-bond donors (Lipinski definition) is 1. The number of anilines is 1. The molecule has 1 aromatic heterocycles. The number of aromatic nitrogens is 1. The maximum Gasteiger partial charge on any atom is 0.255 e. The Hall–Kier alpha value is -2.75. The molecule has 7 nitrogen and oxygen atoms in total. The molecular weight excluding hydrogens is 506 g/mol. The van der Waals surface area contributed by atoms with Crippen molar-refractivity contribution in [3.63, 3.8) is 0 Å². The Morgan fingerprint density at radius 1 is 0.970 bits per heavy atom. The molecule has 3 heterocycles. The number of sulfonamides is 1. The second-order valence-electron chi connectivity index (χ2n) is 8.51. The third-order valence-electron chi connectivity index (χ3n) is 6.28. The minimum atomic E-state index is -3.69. The van der Waals surface area contributed by atoms with Crippen LogP contribution in [0.4, 0.5) is 5.69 Å². The molecule has 0 aliphatic carbocycles. The van der Waals surface area contributed by atoms with Crippen molar-refractivity contribution in [2.45, 2.75) is 23.8 Å². The molecule has 0 saturated carbocycles. The molecule has 1 amide bonds. The van der Waals surface area contributed by atoms with Crippen LogP contribution in [0.25, 0.3) is 0 Å². The number of piperidine rings is 1. The number of benzene rings is 2. The van der Waals surface area contributed by atoms with Gasteiger partial charge in [-0.25, -0.2) is 8.42 Å². The van der Waals surface area contributed by atoms with Gasteiger partial charge < -0.3 is 9.88 Å². The first-order valence-electron chi connectivity index (χ1n) is 10.7. The van der Waals surface area contributed by atoms with Crippen LogP contribution in [0.1, 0.15) is 28.4 Å². The van der Waals surface area contributed by atoms with Gasteiger partial charge in [0.05, 0.1) is 4.90 Å². The lowest BCUT2D eigenvalue weighted by atomic mass is 9.84. The van der Waals surface area contributed by atoms with E-state index in [2.05, 4.69) is 21.2 Å². The SMILES string of the molecule is O=C(Nc1ccc(S(=O)(=O)N2CC3CC(C2)c2cccc(=O)n2C3)cc1)c1cccc(Br)c1. The molecule has 2 bridgehead atoms. The van der Waals surface area contributed by atoms with Gasteiger partial charge in [-0.1, -0.05) is 28.1 Å². The van der Waals surface area contributed by atoms with Crippen LogP contribution in [0.5, 0.6) is 0 Å². The topological polar surface area (TPSA) is 88.5 Å². The number of carbonyl (C=O) groups excluding carboxylic acids is 1. The van der Waals surface area contributed by atoms with Gasteiger partial charge in [-0.2, -0.15) is 4.31 Å². The average molecular weight is 528 g/mol. The molecule has 5 rings (SSSR count). The Kier molecular flexibility index (Phi) is 5.72. The lowest BCUT2D eigenvalue weighted by molar-refractivity contribution is 0.102. The van der Waals surface area contributed by atoms with E-state index in [1.165, 1.54) is 16.4 Å². The Balaban J connectivity index is 1.33. The summed E-state index contributed by atoms with van der Waals surface area (Å²) in [5.41, 5.74) is 1.89. The number of amides is 1. The number of pyridine rings is 1. The Morgan fingerprint density at radius 3 is 2.48 bits per heavy atom. The molecule has 2 aromatic carbocycles. The fraction of sp³-hybridized carbons (Fsp3) is 0.250. The second kappa shape index (κ2) is 8.55. The van der Waals surface area contributed by atoms with Crippen molar-refractivity contribution in [3.8, 4) is 0 Å². The third-order valence-corrected chi connectivity index (χ3v) is 8.62. The maximum absolute atomic E-state index is 13.4. The van der Waals surface area contributed by atoms with Crippen LogP contribution in [-0.2, 0) is 16.6 Å². The van der Waals surface area contributed by atoms with Gasteiger partial charge in [-0.3, -0.25) is 9.59 Å². The first kappa shape index (κ1) is 22.1. The molecule has 1 saturated heterocycles. The summed E-state index contributed by atoms with van der Waals surface area (Å²) in [5, 5.41) is 2.79. The van der Waals surface area contributed by atoms with Gasteiger partial charge in [0.2, 0.25) is 10.0 Å². The number of fused-ring (bicyclic) bond motifs is 4. The van der Waals surface area contributed by atoms with Crippen molar-refractivity contribution in [2.75, 3.05) is 18.4 Å². The van der Waals surface area contributed by atoms with Crippen LogP contribution in [0.3, 0.4) is 0 Å². The summed E-state index contributed by atoms with van der Waals surface area (Å²) in [6.45, 7) is 1.28. The Morgan fingerprint density at radius 2 is 1.73 bits per heavy atom. The van der Waals surface area contributed by atoms with E-state index in [0.29, 0.717) is 30.9 Å². The smallest absolute Gasteiger partial charge is 0.255 e. The molecule has 170 valence electrons. The number of rotatable bonds is 4. The summed E-state index contributed by atoms with van der Waals surface area (Å²) in [6, 6.07) is 18.5. The van der Waals surface area contributed by atoms with Crippen molar-refractivity contribution >= 4 is 37.5 Å². The third kappa shape index (κ3) is 4.28. The molecule has 2 aliphatic heterocycles. The van der Waals surface area contributed by atoms with E-state index in [4.69, 9.17) is 0 Å². The molecule has 1 fully saturated rings. The van der Waals surface area contributed by atoms with Crippen LogP contribution in [0.2, 0.25) is 0 Å².